The van der Waals surface area contributed by atoms with E-state index in [2.05, 4.69) is 15.3 Å². The predicted molar refractivity (Wildman–Crippen MR) is 71.6 cm³/mol. The highest BCUT2D eigenvalue weighted by atomic mass is 32.2. The van der Waals surface area contributed by atoms with Crippen LogP contribution in [-0.2, 0) is 0 Å². The molecular formula is C13H14FN3S. The van der Waals surface area contributed by atoms with Crippen molar-refractivity contribution in [3.63, 3.8) is 0 Å². The van der Waals surface area contributed by atoms with Crippen LogP contribution in [0.2, 0.25) is 0 Å². The van der Waals surface area contributed by atoms with E-state index in [0.29, 0.717) is 5.82 Å². The van der Waals surface area contributed by atoms with Crippen LogP contribution in [-0.4, -0.2) is 17.0 Å². The molecule has 0 unspecified atom stereocenters. The molecule has 2 rings (SSSR count). The van der Waals surface area contributed by atoms with Gasteiger partial charge in [-0.2, -0.15) is 0 Å². The summed E-state index contributed by atoms with van der Waals surface area (Å²) in [6.45, 7) is 3.79. The number of anilines is 1. The van der Waals surface area contributed by atoms with Gasteiger partial charge in [-0.25, -0.2) is 14.4 Å². The minimum absolute atomic E-state index is 0.239. The lowest BCUT2D eigenvalue weighted by atomic mass is 10.3. The second-order valence-corrected chi connectivity index (χ2v) is 4.92. The zero-order chi connectivity index (χ0) is 13.1. The van der Waals surface area contributed by atoms with Gasteiger partial charge >= 0.3 is 0 Å². The second-order valence-electron chi connectivity index (χ2n) is 3.86. The molecule has 2 aromatic rings. The Morgan fingerprint density at radius 3 is 2.67 bits per heavy atom. The topological polar surface area (TPSA) is 37.8 Å². The maximum Gasteiger partial charge on any atom is 0.133 e. The first kappa shape index (κ1) is 12.8. The number of nitrogens with one attached hydrogen (secondary N) is 1. The summed E-state index contributed by atoms with van der Waals surface area (Å²) in [5.41, 5.74) is 0.970. The molecule has 0 aliphatic rings. The predicted octanol–water partition coefficient (Wildman–Crippen LogP) is 3.43. The van der Waals surface area contributed by atoms with Crippen molar-refractivity contribution in [1.29, 1.82) is 0 Å². The Morgan fingerprint density at radius 2 is 2.00 bits per heavy atom. The Kier molecular flexibility index (Phi) is 3.81. The highest BCUT2D eigenvalue weighted by Gasteiger charge is 2.09. The first-order valence-corrected chi connectivity index (χ1v) is 6.38. The van der Waals surface area contributed by atoms with Gasteiger partial charge in [0.15, 0.2) is 0 Å². The van der Waals surface area contributed by atoms with Gasteiger partial charge in [-0.3, -0.25) is 0 Å². The Bertz CT molecular complexity index is 572. The summed E-state index contributed by atoms with van der Waals surface area (Å²) in [5, 5.41) is 3.88. The molecule has 1 N–H and O–H groups in total. The van der Waals surface area contributed by atoms with E-state index in [1.54, 1.807) is 6.07 Å². The minimum atomic E-state index is -0.239. The van der Waals surface area contributed by atoms with E-state index in [1.165, 1.54) is 23.9 Å². The van der Waals surface area contributed by atoms with E-state index < -0.39 is 0 Å². The molecule has 0 bridgehead atoms. The molecule has 0 atom stereocenters. The van der Waals surface area contributed by atoms with Gasteiger partial charge in [-0.15, -0.1) is 0 Å². The average molecular weight is 263 g/mol. The van der Waals surface area contributed by atoms with E-state index in [4.69, 9.17) is 0 Å². The lowest BCUT2D eigenvalue weighted by Gasteiger charge is -2.10. The van der Waals surface area contributed by atoms with Crippen LogP contribution in [0.25, 0.3) is 0 Å². The van der Waals surface area contributed by atoms with Crippen molar-refractivity contribution < 1.29 is 4.39 Å². The smallest absolute Gasteiger partial charge is 0.133 e. The van der Waals surface area contributed by atoms with Crippen molar-refractivity contribution in [2.45, 2.75) is 23.8 Å². The maximum absolute atomic E-state index is 13.1. The van der Waals surface area contributed by atoms with Gasteiger partial charge in [-0.1, -0.05) is 17.8 Å². The lowest BCUT2D eigenvalue weighted by Crippen LogP contribution is -2.01. The van der Waals surface area contributed by atoms with Crippen LogP contribution in [0, 0.1) is 19.7 Å². The van der Waals surface area contributed by atoms with Crippen LogP contribution in [0.5, 0.6) is 0 Å². The lowest BCUT2D eigenvalue weighted by molar-refractivity contribution is 0.624. The van der Waals surface area contributed by atoms with Crippen molar-refractivity contribution >= 4 is 17.6 Å². The van der Waals surface area contributed by atoms with Crippen molar-refractivity contribution in [1.82, 2.24) is 9.97 Å². The van der Waals surface area contributed by atoms with E-state index in [9.17, 15) is 4.39 Å². The fraction of sp³-hybridized carbons (Fsp3) is 0.231. The summed E-state index contributed by atoms with van der Waals surface area (Å²) in [6, 6.07) is 6.49. The highest BCUT2D eigenvalue weighted by molar-refractivity contribution is 7.99. The van der Waals surface area contributed by atoms with Gasteiger partial charge in [0.1, 0.15) is 22.5 Å². The zero-order valence-corrected chi connectivity index (χ0v) is 11.3. The summed E-state index contributed by atoms with van der Waals surface area (Å²) >= 11 is 1.44. The summed E-state index contributed by atoms with van der Waals surface area (Å²) < 4.78 is 13.1. The molecule has 0 aliphatic heterocycles. The first-order chi connectivity index (χ1) is 8.60. The van der Waals surface area contributed by atoms with Crippen molar-refractivity contribution in [3.05, 3.63) is 41.5 Å². The van der Waals surface area contributed by atoms with Crippen molar-refractivity contribution in [3.8, 4) is 0 Å². The quantitative estimate of drug-likeness (QED) is 0.861. The summed E-state index contributed by atoms with van der Waals surface area (Å²) in [5.74, 6) is 1.27. The summed E-state index contributed by atoms with van der Waals surface area (Å²) in [6.07, 6.45) is 0. The zero-order valence-electron chi connectivity index (χ0n) is 10.5. The molecule has 0 fully saturated rings. The van der Waals surface area contributed by atoms with Gasteiger partial charge in [-0.05, 0) is 32.0 Å². The number of halogens is 1. The second kappa shape index (κ2) is 5.35. The largest absolute Gasteiger partial charge is 0.373 e. The van der Waals surface area contributed by atoms with Crippen LogP contribution >= 0.6 is 11.8 Å². The van der Waals surface area contributed by atoms with Gasteiger partial charge in [0, 0.05) is 17.5 Å². The molecule has 0 amide bonds. The van der Waals surface area contributed by atoms with Crippen LogP contribution in [0.15, 0.2) is 34.2 Å². The van der Waals surface area contributed by atoms with E-state index in [1.807, 2.05) is 27.0 Å². The number of nitrogens with zero attached hydrogens (tertiary/aromatic N) is 2. The molecule has 94 valence electrons. The van der Waals surface area contributed by atoms with Gasteiger partial charge in [0.2, 0.25) is 0 Å². The number of aryl methyl sites for hydroxylation is 1. The maximum atomic E-state index is 13.1. The van der Waals surface area contributed by atoms with E-state index in [0.717, 1.165) is 21.3 Å². The first-order valence-electron chi connectivity index (χ1n) is 5.56. The number of aromatic nitrogens is 2. The van der Waals surface area contributed by atoms with Gasteiger partial charge in [0.25, 0.3) is 0 Å². The number of hydrogen-bond donors (Lipinski definition) is 1. The van der Waals surface area contributed by atoms with Gasteiger partial charge < -0.3 is 5.32 Å². The number of hydrogen-bond acceptors (Lipinski definition) is 4. The molecule has 1 aromatic carbocycles. The SMILES string of the molecule is CNc1nc(C)nc(Sc2cccc(F)c2)c1C. The molecule has 1 heterocycles. The molecule has 0 saturated carbocycles. The number of benzene rings is 1. The summed E-state index contributed by atoms with van der Waals surface area (Å²) in [7, 11) is 1.82. The van der Waals surface area contributed by atoms with Crippen LogP contribution < -0.4 is 5.32 Å². The van der Waals surface area contributed by atoms with Crippen molar-refractivity contribution in [2.75, 3.05) is 12.4 Å². The van der Waals surface area contributed by atoms with Gasteiger partial charge in [0.05, 0.1) is 0 Å². The molecule has 18 heavy (non-hydrogen) atoms. The monoisotopic (exact) mass is 263 g/mol. The van der Waals surface area contributed by atoms with Crippen LogP contribution in [0.4, 0.5) is 10.2 Å². The molecule has 0 aliphatic carbocycles. The fourth-order valence-corrected chi connectivity index (χ4v) is 2.56. The molecule has 5 heteroatoms. The molecule has 3 nitrogen and oxygen atoms in total. The van der Waals surface area contributed by atoms with Crippen LogP contribution in [0.1, 0.15) is 11.4 Å². The minimum Gasteiger partial charge on any atom is -0.373 e. The molecule has 0 saturated heterocycles. The molecular weight excluding hydrogens is 249 g/mol. The molecule has 0 spiro atoms. The third-order valence-electron chi connectivity index (χ3n) is 2.46. The van der Waals surface area contributed by atoms with Crippen molar-refractivity contribution in [2.24, 2.45) is 0 Å². The fourth-order valence-electron chi connectivity index (χ4n) is 1.59. The standard InChI is InChI=1S/C13H14FN3S/c1-8-12(15-3)16-9(2)17-13(8)18-11-6-4-5-10(14)7-11/h4-7H,1-3H3,(H,15,16,17). The normalized spacial score (nSPS) is 10.4. The van der Waals surface area contributed by atoms with Crippen LogP contribution in [0.3, 0.4) is 0 Å². The Labute approximate surface area is 110 Å². The van der Waals surface area contributed by atoms with E-state index >= 15 is 0 Å². The average Bonchev–Trinajstić information content (AvgIpc) is 2.33. The molecule has 1 aromatic heterocycles. The Morgan fingerprint density at radius 1 is 1.22 bits per heavy atom. The third kappa shape index (κ3) is 2.79. The van der Waals surface area contributed by atoms with E-state index in [-0.39, 0.29) is 5.82 Å². The Hall–Kier alpha value is -1.62. The number of rotatable bonds is 3. The Balaban J connectivity index is 2.37. The summed E-state index contributed by atoms with van der Waals surface area (Å²) in [4.78, 5) is 9.53. The highest BCUT2D eigenvalue weighted by Crippen LogP contribution is 2.31. The molecule has 0 radical (unpaired) electrons. The third-order valence-corrected chi connectivity index (χ3v) is 3.54.